The van der Waals surface area contributed by atoms with E-state index in [0.29, 0.717) is 0 Å². The molecule has 0 bridgehead atoms. The fourth-order valence-corrected chi connectivity index (χ4v) is 4.90. The van der Waals surface area contributed by atoms with E-state index in [-0.39, 0.29) is 53.8 Å². The Bertz CT molecular complexity index is 1190. The standard InChI is InChI=1S/C20H21FN4O6S/c1-13(26)15-4-3-5-16(10-15)32(30,31)24-8-6-23(7-9-24)19-12-18(22-14(2)27)20(25(28)29)11-17(19)21/h3-5,10-12H,6-9H2,1-2H3,(H,22,27). The van der Waals surface area contributed by atoms with Gasteiger partial charge in [0.2, 0.25) is 15.9 Å². The lowest BCUT2D eigenvalue weighted by Crippen LogP contribution is -2.49. The SMILES string of the molecule is CC(=O)Nc1cc(N2CCN(S(=O)(=O)c3cccc(C(C)=O)c3)CC2)c(F)cc1[N+](=O)[O-]. The number of benzene rings is 2. The highest BCUT2D eigenvalue weighted by molar-refractivity contribution is 7.89. The summed E-state index contributed by atoms with van der Waals surface area (Å²) in [6.45, 7) is 2.85. The molecule has 1 N–H and O–H groups in total. The van der Waals surface area contributed by atoms with E-state index in [1.807, 2.05) is 0 Å². The lowest BCUT2D eigenvalue weighted by Gasteiger charge is -2.35. The molecule has 0 radical (unpaired) electrons. The van der Waals surface area contributed by atoms with E-state index in [1.54, 1.807) is 4.90 Å². The topological polar surface area (TPSA) is 130 Å². The molecule has 2 aromatic carbocycles. The molecular formula is C20H21FN4O6S. The predicted molar refractivity (Wildman–Crippen MR) is 115 cm³/mol. The number of nitrogens with zero attached hydrogens (tertiary/aromatic N) is 3. The molecule has 0 aliphatic carbocycles. The van der Waals surface area contributed by atoms with Gasteiger partial charge in [0.05, 0.1) is 21.6 Å². The van der Waals surface area contributed by atoms with E-state index < -0.39 is 32.4 Å². The summed E-state index contributed by atoms with van der Waals surface area (Å²) in [5.41, 5.74) is -0.416. The second kappa shape index (κ2) is 9.01. The fraction of sp³-hybridized carbons (Fsp3) is 0.300. The van der Waals surface area contributed by atoms with Gasteiger partial charge in [-0.1, -0.05) is 12.1 Å². The van der Waals surface area contributed by atoms with Crippen LogP contribution in [-0.2, 0) is 14.8 Å². The van der Waals surface area contributed by atoms with Gasteiger partial charge in [0.15, 0.2) is 11.6 Å². The highest BCUT2D eigenvalue weighted by Crippen LogP contribution is 2.33. The number of hydrogen-bond acceptors (Lipinski definition) is 7. The number of Topliss-reactive ketones (excluding diaryl/α,β-unsaturated/α-hetero) is 1. The highest BCUT2D eigenvalue weighted by Gasteiger charge is 2.31. The Morgan fingerprint density at radius 1 is 1.09 bits per heavy atom. The maximum atomic E-state index is 14.6. The quantitative estimate of drug-likeness (QED) is 0.395. The molecule has 0 unspecified atom stereocenters. The zero-order chi connectivity index (χ0) is 23.6. The number of piperazine rings is 1. The Labute approximate surface area is 183 Å². The van der Waals surface area contributed by atoms with Crippen molar-refractivity contribution < 1.29 is 27.3 Å². The van der Waals surface area contributed by atoms with Crippen LogP contribution in [0.4, 0.5) is 21.5 Å². The number of halogens is 1. The van der Waals surface area contributed by atoms with Crippen LogP contribution in [0.15, 0.2) is 41.3 Å². The number of ketones is 1. The van der Waals surface area contributed by atoms with Crippen LogP contribution in [-0.4, -0.2) is 55.5 Å². The first kappa shape index (κ1) is 23.3. The predicted octanol–water partition coefficient (Wildman–Crippen LogP) is 2.41. The number of sulfonamides is 1. The van der Waals surface area contributed by atoms with Gasteiger partial charge in [0, 0.05) is 38.7 Å². The molecule has 1 heterocycles. The van der Waals surface area contributed by atoms with Gasteiger partial charge in [0.25, 0.3) is 5.69 Å². The first-order chi connectivity index (χ1) is 15.0. The van der Waals surface area contributed by atoms with Gasteiger partial charge in [-0.2, -0.15) is 4.31 Å². The number of nitro benzene ring substituents is 1. The molecule has 1 aliphatic heterocycles. The van der Waals surface area contributed by atoms with Crippen molar-refractivity contribution in [3.63, 3.8) is 0 Å². The summed E-state index contributed by atoms with van der Waals surface area (Å²) in [5.74, 6) is -1.65. The van der Waals surface area contributed by atoms with Crippen LogP contribution in [0.25, 0.3) is 0 Å². The van der Waals surface area contributed by atoms with Crippen LogP contribution in [0.5, 0.6) is 0 Å². The zero-order valence-corrected chi connectivity index (χ0v) is 18.2. The van der Waals surface area contributed by atoms with Gasteiger partial charge >= 0.3 is 0 Å². The summed E-state index contributed by atoms with van der Waals surface area (Å²) in [6, 6.07) is 7.66. The molecule has 0 spiro atoms. The van der Waals surface area contributed by atoms with E-state index in [4.69, 9.17) is 0 Å². The molecule has 1 fully saturated rings. The normalized spacial score (nSPS) is 14.8. The Hall–Kier alpha value is -3.38. The third-order valence-electron chi connectivity index (χ3n) is 5.03. The van der Waals surface area contributed by atoms with Gasteiger partial charge in [-0.25, -0.2) is 12.8 Å². The van der Waals surface area contributed by atoms with Crippen LogP contribution in [0.3, 0.4) is 0 Å². The number of anilines is 2. The molecule has 170 valence electrons. The van der Waals surface area contributed by atoms with Gasteiger partial charge < -0.3 is 10.2 Å². The number of carbonyl (C=O) groups is 2. The van der Waals surface area contributed by atoms with Crippen molar-refractivity contribution in [1.82, 2.24) is 4.31 Å². The molecule has 0 aromatic heterocycles. The maximum Gasteiger partial charge on any atom is 0.295 e. The third-order valence-corrected chi connectivity index (χ3v) is 6.92. The van der Waals surface area contributed by atoms with Gasteiger partial charge in [-0.3, -0.25) is 19.7 Å². The molecule has 1 saturated heterocycles. The number of nitro groups is 1. The molecule has 2 aromatic rings. The van der Waals surface area contributed by atoms with Crippen LogP contribution in [0.2, 0.25) is 0 Å². The minimum atomic E-state index is -3.86. The fourth-order valence-electron chi connectivity index (χ4n) is 3.43. The minimum Gasteiger partial charge on any atom is -0.366 e. The Balaban J connectivity index is 1.82. The van der Waals surface area contributed by atoms with Gasteiger partial charge in [-0.05, 0) is 25.1 Å². The summed E-state index contributed by atoms with van der Waals surface area (Å²) in [7, 11) is -3.86. The average Bonchev–Trinajstić information content (AvgIpc) is 2.74. The Morgan fingerprint density at radius 3 is 2.31 bits per heavy atom. The zero-order valence-electron chi connectivity index (χ0n) is 17.4. The molecule has 3 rings (SSSR count). The van der Waals surface area contributed by atoms with E-state index in [9.17, 15) is 32.5 Å². The summed E-state index contributed by atoms with van der Waals surface area (Å²) in [4.78, 5) is 34.9. The number of amides is 1. The number of nitrogens with one attached hydrogen (secondary N) is 1. The van der Waals surface area contributed by atoms with Crippen LogP contribution in [0.1, 0.15) is 24.2 Å². The summed E-state index contributed by atoms with van der Waals surface area (Å²) in [6.07, 6.45) is 0. The summed E-state index contributed by atoms with van der Waals surface area (Å²) in [5, 5.41) is 13.5. The Kier molecular flexibility index (Phi) is 6.55. The largest absolute Gasteiger partial charge is 0.366 e. The molecule has 1 amide bonds. The molecular weight excluding hydrogens is 443 g/mol. The van der Waals surface area contributed by atoms with Crippen molar-refractivity contribution in [1.29, 1.82) is 0 Å². The van der Waals surface area contributed by atoms with Gasteiger partial charge in [0.1, 0.15) is 5.69 Å². The number of carbonyl (C=O) groups excluding carboxylic acids is 2. The van der Waals surface area contributed by atoms with Crippen molar-refractivity contribution >= 4 is 38.8 Å². The first-order valence-electron chi connectivity index (χ1n) is 9.62. The molecule has 0 saturated carbocycles. The van der Waals surface area contributed by atoms with Crippen molar-refractivity contribution in [2.45, 2.75) is 18.7 Å². The summed E-state index contributed by atoms with van der Waals surface area (Å²) >= 11 is 0. The molecule has 12 heteroatoms. The summed E-state index contributed by atoms with van der Waals surface area (Å²) < 4.78 is 41.8. The molecule has 10 nitrogen and oxygen atoms in total. The highest BCUT2D eigenvalue weighted by atomic mass is 32.2. The average molecular weight is 464 g/mol. The smallest absolute Gasteiger partial charge is 0.295 e. The van der Waals surface area contributed by atoms with E-state index >= 15 is 0 Å². The van der Waals surface area contributed by atoms with Crippen LogP contribution < -0.4 is 10.2 Å². The molecule has 0 atom stereocenters. The van der Waals surface area contributed by atoms with Crippen molar-refractivity contribution in [3.05, 3.63) is 57.9 Å². The maximum absolute atomic E-state index is 14.6. The van der Waals surface area contributed by atoms with Crippen molar-refractivity contribution in [3.8, 4) is 0 Å². The third kappa shape index (κ3) is 4.75. The second-order valence-electron chi connectivity index (χ2n) is 7.23. The lowest BCUT2D eigenvalue weighted by molar-refractivity contribution is -0.384. The van der Waals surface area contributed by atoms with Gasteiger partial charge in [-0.15, -0.1) is 0 Å². The second-order valence-corrected chi connectivity index (χ2v) is 9.17. The first-order valence-corrected chi connectivity index (χ1v) is 11.1. The van der Waals surface area contributed by atoms with Crippen LogP contribution in [0, 0.1) is 15.9 Å². The number of hydrogen-bond donors (Lipinski definition) is 1. The number of rotatable bonds is 6. The monoisotopic (exact) mass is 464 g/mol. The van der Waals surface area contributed by atoms with Crippen molar-refractivity contribution in [2.24, 2.45) is 0 Å². The van der Waals surface area contributed by atoms with E-state index in [1.165, 1.54) is 48.5 Å². The van der Waals surface area contributed by atoms with Crippen molar-refractivity contribution in [2.75, 3.05) is 36.4 Å². The van der Waals surface area contributed by atoms with E-state index in [0.717, 1.165) is 6.07 Å². The Morgan fingerprint density at radius 2 is 1.75 bits per heavy atom. The van der Waals surface area contributed by atoms with E-state index in [2.05, 4.69) is 5.32 Å². The molecule has 1 aliphatic rings. The minimum absolute atomic E-state index is 0.00638. The molecule has 32 heavy (non-hydrogen) atoms. The van der Waals surface area contributed by atoms with Crippen LogP contribution >= 0.6 is 0 Å². The lowest BCUT2D eigenvalue weighted by atomic mass is 10.2.